The van der Waals surface area contributed by atoms with Crippen molar-refractivity contribution in [2.75, 3.05) is 4.90 Å². The molecule has 0 aliphatic carbocycles. The van der Waals surface area contributed by atoms with E-state index in [-0.39, 0.29) is 0 Å². The van der Waals surface area contributed by atoms with Crippen LogP contribution in [0.3, 0.4) is 0 Å². The lowest BCUT2D eigenvalue weighted by Gasteiger charge is -2.20. The second-order valence-corrected chi connectivity index (χ2v) is 3.64. The van der Waals surface area contributed by atoms with E-state index >= 15 is 0 Å². The number of amides is 1. The number of rotatable bonds is 2. The van der Waals surface area contributed by atoms with E-state index in [0.717, 1.165) is 0 Å². The first kappa shape index (κ1) is 12.6. The number of ether oxygens (including phenoxy) is 1. The molecule has 2 aromatic carbocycles. The molecule has 0 aliphatic heterocycles. The van der Waals surface area contributed by atoms with Crippen molar-refractivity contribution in [2.24, 2.45) is 0 Å². The summed E-state index contributed by atoms with van der Waals surface area (Å²) in [6.45, 7) is 0. The monoisotopic (exact) mass is 257 g/mol. The molecule has 19 heavy (non-hydrogen) atoms. The Kier molecular flexibility index (Phi) is 3.78. The SMILES string of the molecule is O=C(O)OC(=O)N(c1ccccc1)c1ccccc1. The Morgan fingerprint density at radius 1 is 0.842 bits per heavy atom. The van der Waals surface area contributed by atoms with Gasteiger partial charge in [0, 0.05) is 0 Å². The van der Waals surface area contributed by atoms with Crippen molar-refractivity contribution in [3.63, 3.8) is 0 Å². The number of hydrogen-bond acceptors (Lipinski definition) is 3. The third-order valence-electron chi connectivity index (χ3n) is 2.39. The standard InChI is InChI=1S/C14H11NO4/c16-13(19-14(17)18)15(11-7-3-1-4-8-11)12-9-5-2-6-10-12/h1-10H,(H,17,18). The fourth-order valence-electron chi connectivity index (χ4n) is 1.63. The molecule has 0 bridgehead atoms. The number of carbonyl (C=O) groups excluding carboxylic acids is 1. The molecule has 0 saturated carbocycles. The molecule has 0 fully saturated rings. The van der Waals surface area contributed by atoms with E-state index < -0.39 is 12.2 Å². The fraction of sp³-hybridized carbons (Fsp3) is 0. The van der Waals surface area contributed by atoms with Crippen LogP contribution in [0.4, 0.5) is 21.0 Å². The number of nitrogens with zero attached hydrogens (tertiary/aromatic N) is 1. The van der Waals surface area contributed by atoms with Gasteiger partial charge in [-0.3, -0.25) is 0 Å². The molecule has 1 N–H and O–H groups in total. The number of carboxylic acid groups (broad SMARTS) is 1. The lowest BCUT2D eigenvalue weighted by molar-refractivity contribution is 0.114. The second kappa shape index (κ2) is 5.68. The molecule has 2 rings (SSSR count). The molecule has 0 spiro atoms. The van der Waals surface area contributed by atoms with E-state index in [9.17, 15) is 9.59 Å². The predicted octanol–water partition coefficient (Wildman–Crippen LogP) is 3.64. The lowest BCUT2D eigenvalue weighted by Crippen LogP contribution is -2.28. The average Bonchev–Trinajstić information content (AvgIpc) is 2.40. The maximum Gasteiger partial charge on any atom is 0.514 e. The molecule has 0 unspecified atom stereocenters. The number of anilines is 2. The van der Waals surface area contributed by atoms with Crippen molar-refractivity contribution < 1.29 is 19.4 Å². The molecule has 0 aliphatic rings. The third kappa shape index (κ3) is 3.10. The summed E-state index contributed by atoms with van der Waals surface area (Å²) in [6.07, 6.45) is -2.60. The molecule has 1 amide bonds. The minimum atomic E-state index is -1.64. The van der Waals surface area contributed by atoms with Crippen LogP contribution >= 0.6 is 0 Å². The first-order valence-corrected chi connectivity index (χ1v) is 5.53. The van der Waals surface area contributed by atoms with Crippen molar-refractivity contribution in [3.8, 4) is 0 Å². The molecule has 0 radical (unpaired) electrons. The fourth-order valence-corrected chi connectivity index (χ4v) is 1.63. The Bertz CT molecular complexity index is 529. The van der Waals surface area contributed by atoms with Crippen LogP contribution in [0.25, 0.3) is 0 Å². The van der Waals surface area contributed by atoms with Gasteiger partial charge in [-0.25, -0.2) is 14.5 Å². The lowest BCUT2D eigenvalue weighted by atomic mass is 10.2. The molecule has 96 valence electrons. The Morgan fingerprint density at radius 3 is 1.63 bits per heavy atom. The predicted molar refractivity (Wildman–Crippen MR) is 69.5 cm³/mol. The second-order valence-electron chi connectivity index (χ2n) is 3.64. The summed E-state index contributed by atoms with van der Waals surface area (Å²) in [7, 11) is 0. The largest absolute Gasteiger partial charge is 0.514 e. The maximum absolute atomic E-state index is 11.9. The van der Waals surface area contributed by atoms with Crippen molar-refractivity contribution in [3.05, 3.63) is 60.7 Å². The van der Waals surface area contributed by atoms with Crippen LogP contribution in [0.1, 0.15) is 0 Å². The van der Waals surface area contributed by atoms with E-state index in [4.69, 9.17) is 5.11 Å². The summed E-state index contributed by atoms with van der Waals surface area (Å²) in [5.74, 6) is 0. The zero-order valence-electron chi connectivity index (χ0n) is 9.89. The van der Waals surface area contributed by atoms with Crippen molar-refractivity contribution >= 4 is 23.6 Å². The van der Waals surface area contributed by atoms with Gasteiger partial charge in [0.25, 0.3) is 0 Å². The van der Waals surface area contributed by atoms with Crippen LogP contribution in [0.5, 0.6) is 0 Å². The third-order valence-corrected chi connectivity index (χ3v) is 2.39. The van der Waals surface area contributed by atoms with Crippen LogP contribution in [0.2, 0.25) is 0 Å². The van der Waals surface area contributed by atoms with Gasteiger partial charge >= 0.3 is 12.2 Å². The molecular formula is C14H11NO4. The van der Waals surface area contributed by atoms with E-state index in [1.165, 1.54) is 4.90 Å². The Balaban J connectivity index is 2.40. The summed E-state index contributed by atoms with van der Waals surface area (Å²) in [5.41, 5.74) is 1.06. The average molecular weight is 257 g/mol. The number of para-hydroxylation sites is 2. The molecule has 2 aromatic rings. The van der Waals surface area contributed by atoms with Crippen LogP contribution in [-0.4, -0.2) is 17.4 Å². The topological polar surface area (TPSA) is 66.8 Å². The normalized spacial score (nSPS) is 9.68. The zero-order valence-corrected chi connectivity index (χ0v) is 9.89. The van der Waals surface area contributed by atoms with E-state index in [2.05, 4.69) is 4.74 Å². The Morgan fingerprint density at radius 2 is 1.26 bits per heavy atom. The van der Waals surface area contributed by atoms with E-state index in [0.29, 0.717) is 11.4 Å². The number of benzene rings is 2. The number of hydrogen-bond donors (Lipinski definition) is 1. The maximum atomic E-state index is 11.9. The summed E-state index contributed by atoms with van der Waals surface area (Å²) in [6, 6.07) is 17.4. The van der Waals surface area contributed by atoms with Gasteiger partial charge in [-0.1, -0.05) is 36.4 Å². The van der Waals surface area contributed by atoms with Gasteiger partial charge in [0.2, 0.25) is 0 Å². The quantitative estimate of drug-likeness (QED) is 0.658. The van der Waals surface area contributed by atoms with E-state index in [1.54, 1.807) is 60.7 Å². The Labute approximate surface area is 109 Å². The molecular weight excluding hydrogens is 246 g/mol. The van der Waals surface area contributed by atoms with Gasteiger partial charge < -0.3 is 9.84 Å². The van der Waals surface area contributed by atoms with Crippen molar-refractivity contribution in [1.82, 2.24) is 0 Å². The summed E-state index contributed by atoms with van der Waals surface area (Å²) >= 11 is 0. The van der Waals surface area contributed by atoms with Gasteiger partial charge in [-0.15, -0.1) is 0 Å². The minimum Gasteiger partial charge on any atom is -0.449 e. The van der Waals surface area contributed by atoms with Crippen molar-refractivity contribution in [1.29, 1.82) is 0 Å². The minimum absolute atomic E-state index is 0.528. The Hall–Kier alpha value is -2.82. The molecule has 0 aromatic heterocycles. The van der Waals surface area contributed by atoms with Gasteiger partial charge in [0.05, 0.1) is 11.4 Å². The highest BCUT2D eigenvalue weighted by atomic mass is 16.7. The van der Waals surface area contributed by atoms with Crippen LogP contribution < -0.4 is 4.90 Å². The first-order chi connectivity index (χ1) is 9.18. The van der Waals surface area contributed by atoms with Gasteiger partial charge in [0.15, 0.2) is 0 Å². The molecule has 5 heteroatoms. The van der Waals surface area contributed by atoms with Crippen molar-refractivity contribution in [2.45, 2.75) is 0 Å². The smallest absolute Gasteiger partial charge is 0.449 e. The highest BCUT2D eigenvalue weighted by Crippen LogP contribution is 2.25. The molecule has 0 atom stereocenters. The number of carbonyl (C=O) groups is 2. The highest BCUT2D eigenvalue weighted by Gasteiger charge is 2.21. The van der Waals surface area contributed by atoms with Gasteiger partial charge in [0.1, 0.15) is 0 Å². The molecule has 0 saturated heterocycles. The first-order valence-electron chi connectivity index (χ1n) is 5.53. The summed E-state index contributed by atoms with van der Waals surface area (Å²) in [4.78, 5) is 23.6. The summed E-state index contributed by atoms with van der Waals surface area (Å²) < 4.78 is 4.22. The molecule has 5 nitrogen and oxygen atoms in total. The zero-order chi connectivity index (χ0) is 13.7. The summed E-state index contributed by atoms with van der Waals surface area (Å²) in [5, 5.41) is 8.56. The van der Waals surface area contributed by atoms with Crippen LogP contribution in [0.15, 0.2) is 60.7 Å². The molecule has 0 heterocycles. The van der Waals surface area contributed by atoms with Crippen LogP contribution in [0, 0.1) is 0 Å². The van der Waals surface area contributed by atoms with Gasteiger partial charge in [-0.05, 0) is 24.3 Å². The van der Waals surface area contributed by atoms with Gasteiger partial charge in [-0.2, -0.15) is 0 Å². The highest BCUT2D eigenvalue weighted by molar-refractivity contribution is 5.99. The van der Waals surface area contributed by atoms with Crippen LogP contribution in [-0.2, 0) is 4.74 Å². The van der Waals surface area contributed by atoms with E-state index in [1.807, 2.05) is 0 Å².